The molecule has 7 nitrogen and oxygen atoms in total. The number of hydrogen-bond acceptors (Lipinski definition) is 7. The number of carbonyl (C=O) groups excluding carboxylic acids is 1. The Hall–Kier alpha value is -1.89. The Kier molecular flexibility index (Phi) is 5.45. The SMILES string of the molecule is Cc1cc(N2CCC3(CC2)CC(CN(C)C)OC3=O)nc(N2CCCCC2)n1. The smallest absolute Gasteiger partial charge is 0.312 e. The monoisotopic (exact) mass is 387 g/mol. The number of rotatable bonds is 4. The van der Waals surface area contributed by atoms with E-state index in [-0.39, 0.29) is 17.5 Å². The lowest BCUT2D eigenvalue weighted by molar-refractivity contribution is -0.150. The Morgan fingerprint density at radius 2 is 1.82 bits per heavy atom. The van der Waals surface area contributed by atoms with E-state index < -0.39 is 0 Å². The molecule has 0 aromatic carbocycles. The van der Waals surface area contributed by atoms with E-state index in [1.54, 1.807) is 0 Å². The lowest BCUT2D eigenvalue weighted by Gasteiger charge is -2.37. The Bertz CT molecular complexity index is 709. The maximum Gasteiger partial charge on any atom is 0.312 e. The van der Waals surface area contributed by atoms with Crippen molar-refractivity contribution < 1.29 is 9.53 Å². The Morgan fingerprint density at radius 3 is 2.50 bits per heavy atom. The molecule has 3 fully saturated rings. The van der Waals surface area contributed by atoms with E-state index in [2.05, 4.69) is 25.8 Å². The van der Waals surface area contributed by atoms with Gasteiger partial charge in [0.05, 0.1) is 5.41 Å². The zero-order valence-electron chi connectivity index (χ0n) is 17.5. The summed E-state index contributed by atoms with van der Waals surface area (Å²) in [5, 5.41) is 0. The van der Waals surface area contributed by atoms with Gasteiger partial charge in [-0.15, -0.1) is 0 Å². The van der Waals surface area contributed by atoms with Gasteiger partial charge in [0.25, 0.3) is 0 Å². The van der Waals surface area contributed by atoms with Crippen LogP contribution in [0.25, 0.3) is 0 Å². The topological polar surface area (TPSA) is 61.8 Å². The molecular formula is C21H33N5O2. The first-order valence-electron chi connectivity index (χ1n) is 10.7. The average Bonchev–Trinajstić information content (AvgIpc) is 2.96. The first-order chi connectivity index (χ1) is 13.4. The number of aromatic nitrogens is 2. The van der Waals surface area contributed by atoms with E-state index in [0.717, 1.165) is 69.4 Å². The predicted octanol–water partition coefficient (Wildman–Crippen LogP) is 2.24. The van der Waals surface area contributed by atoms with E-state index in [4.69, 9.17) is 9.72 Å². The molecule has 4 rings (SSSR count). The number of nitrogens with zero attached hydrogens (tertiary/aromatic N) is 5. The summed E-state index contributed by atoms with van der Waals surface area (Å²) in [6.45, 7) is 6.64. The highest BCUT2D eigenvalue weighted by atomic mass is 16.6. The van der Waals surface area contributed by atoms with Crippen molar-refractivity contribution in [2.24, 2.45) is 5.41 Å². The standard InChI is InChI=1S/C21H33N5O2/c1-16-13-18(23-20(22-16)26-9-5-4-6-10-26)25-11-7-21(8-12-25)14-17(15-24(2)3)28-19(21)27/h13,17H,4-12,14-15H2,1-3H3. The van der Waals surface area contributed by atoms with Crippen LogP contribution in [0.5, 0.6) is 0 Å². The van der Waals surface area contributed by atoms with Gasteiger partial charge in [-0.25, -0.2) is 4.98 Å². The van der Waals surface area contributed by atoms with Crippen LogP contribution in [0.1, 0.15) is 44.2 Å². The number of anilines is 2. The normalized spacial score (nSPS) is 24.9. The zero-order chi connectivity index (χ0) is 19.7. The molecular weight excluding hydrogens is 354 g/mol. The predicted molar refractivity (Wildman–Crippen MR) is 110 cm³/mol. The van der Waals surface area contributed by atoms with Crippen molar-refractivity contribution in [2.75, 3.05) is 56.6 Å². The lowest BCUT2D eigenvalue weighted by Crippen LogP contribution is -2.43. The van der Waals surface area contributed by atoms with Crippen molar-refractivity contribution >= 4 is 17.7 Å². The van der Waals surface area contributed by atoms with Crippen LogP contribution >= 0.6 is 0 Å². The van der Waals surface area contributed by atoms with Gasteiger partial charge in [-0.2, -0.15) is 4.98 Å². The molecule has 0 amide bonds. The van der Waals surface area contributed by atoms with Crippen LogP contribution in [0.3, 0.4) is 0 Å². The molecule has 28 heavy (non-hydrogen) atoms. The molecule has 1 aromatic rings. The van der Waals surface area contributed by atoms with E-state index in [0.29, 0.717) is 0 Å². The fourth-order valence-electron chi connectivity index (χ4n) is 4.85. The summed E-state index contributed by atoms with van der Waals surface area (Å²) >= 11 is 0. The molecule has 0 radical (unpaired) electrons. The van der Waals surface area contributed by atoms with Gasteiger partial charge in [0, 0.05) is 50.9 Å². The average molecular weight is 388 g/mol. The van der Waals surface area contributed by atoms with Crippen molar-refractivity contribution in [1.29, 1.82) is 0 Å². The molecule has 0 saturated carbocycles. The molecule has 1 atom stereocenters. The van der Waals surface area contributed by atoms with Crippen molar-refractivity contribution in [3.8, 4) is 0 Å². The highest BCUT2D eigenvalue weighted by Crippen LogP contribution is 2.43. The molecule has 4 heterocycles. The molecule has 3 saturated heterocycles. The second-order valence-corrected chi connectivity index (χ2v) is 8.98. The first-order valence-corrected chi connectivity index (χ1v) is 10.7. The second-order valence-electron chi connectivity index (χ2n) is 8.98. The second kappa shape index (κ2) is 7.85. The third kappa shape index (κ3) is 3.95. The van der Waals surface area contributed by atoms with Gasteiger partial charge >= 0.3 is 5.97 Å². The number of cyclic esters (lactones) is 1. The number of piperidine rings is 2. The van der Waals surface area contributed by atoms with Crippen LogP contribution in [0.4, 0.5) is 11.8 Å². The summed E-state index contributed by atoms with van der Waals surface area (Å²) in [6.07, 6.45) is 6.30. The molecule has 0 N–H and O–H groups in total. The summed E-state index contributed by atoms with van der Waals surface area (Å²) in [5.74, 6) is 1.87. The minimum absolute atomic E-state index is 0.00636. The third-order valence-corrected chi connectivity index (χ3v) is 6.41. The Morgan fingerprint density at radius 1 is 1.11 bits per heavy atom. The van der Waals surface area contributed by atoms with Gasteiger partial charge in [0.1, 0.15) is 11.9 Å². The molecule has 1 aromatic heterocycles. The van der Waals surface area contributed by atoms with Gasteiger partial charge in [0.2, 0.25) is 5.95 Å². The first kappa shape index (κ1) is 19.4. The van der Waals surface area contributed by atoms with Gasteiger partial charge in [-0.1, -0.05) is 0 Å². The van der Waals surface area contributed by atoms with Gasteiger partial charge in [0.15, 0.2) is 0 Å². The Balaban J connectivity index is 1.44. The maximum absolute atomic E-state index is 12.6. The molecule has 1 spiro atoms. The quantitative estimate of drug-likeness (QED) is 0.734. The summed E-state index contributed by atoms with van der Waals surface area (Å²) in [6, 6.07) is 2.08. The summed E-state index contributed by atoms with van der Waals surface area (Å²) in [7, 11) is 4.05. The van der Waals surface area contributed by atoms with Gasteiger partial charge in [-0.05, 0) is 53.1 Å². The Labute approximate surface area is 168 Å². The van der Waals surface area contributed by atoms with Crippen LogP contribution in [-0.2, 0) is 9.53 Å². The summed E-state index contributed by atoms with van der Waals surface area (Å²) in [5.41, 5.74) is 0.715. The van der Waals surface area contributed by atoms with Crippen molar-refractivity contribution in [3.63, 3.8) is 0 Å². The van der Waals surface area contributed by atoms with Crippen LogP contribution in [0, 0.1) is 12.3 Å². The molecule has 1 unspecified atom stereocenters. The number of ether oxygens (including phenoxy) is 1. The van der Waals surface area contributed by atoms with Crippen molar-refractivity contribution in [1.82, 2.24) is 14.9 Å². The van der Waals surface area contributed by atoms with Crippen molar-refractivity contribution in [2.45, 2.75) is 51.6 Å². The lowest BCUT2D eigenvalue weighted by atomic mass is 9.76. The van der Waals surface area contributed by atoms with E-state index in [1.807, 2.05) is 21.0 Å². The van der Waals surface area contributed by atoms with Crippen molar-refractivity contribution in [3.05, 3.63) is 11.8 Å². The van der Waals surface area contributed by atoms with Crippen LogP contribution in [0.2, 0.25) is 0 Å². The highest BCUT2D eigenvalue weighted by Gasteiger charge is 2.50. The summed E-state index contributed by atoms with van der Waals surface area (Å²) < 4.78 is 5.69. The molecule has 7 heteroatoms. The van der Waals surface area contributed by atoms with Crippen LogP contribution in [0.15, 0.2) is 6.07 Å². The molecule has 3 aliphatic heterocycles. The van der Waals surface area contributed by atoms with E-state index >= 15 is 0 Å². The molecule has 3 aliphatic rings. The number of aryl methyl sites for hydroxylation is 1. The number of esters is 1. The zero-order valence-corrected chi connectivity index (χ0v) is 17.5. The van der Waals surface area contributed by atoms with Gasteiger partial charge in [-0.3, -0.25) is 4.79 Å². The van der Waals surface area contributed by atoms with E-state index in [9.17, 15) is 4.79 Å². The highest BCUT2D eigenvalue weighted by molar-refractivity contribution is 5.79. The fourth-order valence-corrected chi connectivity index (χ4v) is 4.85. The fraction of sp³-hybridized carbons (Fsp3) is 0.762. The van der Waals surface area contributed by atoms with Crippen LogP contribution < -0.4 is 9.80 Å². The maximum atomic E-state index is 12.6. The number of hydrogen-bond donors (Lipinski definition) is 0. The number of likely N-dealkylation sites (N-methyl/N-ethyl adjacent to an activating group) is 1. The van der Waals surface area contributed by atoms with Crippen LogP contribution in [-0.4, -0.2) is 73.8 Å². The third-order valence-electron chi connectivity index (χ3n) is 6.41. The minimum atomic E-state index is -0.297. The molecule has 0 aliphatic carbocycles. The van der Waals surface area contributed by atoms with E-state index in [1.165, 1.54) is 19.3 Å². The van der Waals surface area contributed by atoms with Gasteiger partial charge < -0.3 is 19.4 Å². The minimum Gasteiger partial charge on any atom is -0.461 e. The number of carbonyl (C=O) groups is 1. The summed E-state index contributed by atoms with van der Waals surface area (Å²) in [4.78, 5) is 28.9. The molecule has 154 valence electrons. The molecule has 0 bridgehead atoms. The largest absolute Gasteiger partial charge is 0.461 e.